The van der Waals surface area contributed by atoms with Crippen LogP contribution in [0.5, 0.6) is 11.5 Å². The van der Waals surface area contributed by atoms with E-state index in [0.29, 0.717) is 17.2 Å². The maximum absolute atomic E-state index is 13.6. The molecule has 3 aromatic carbocycles. The maximum atomic E-state index is 13.6. The van der Waals surface area contributed by atoms with Crippen molar-refractivity contribution >= 4 is 23.2 Å². The van der Waals surface area contributed by atoms with E-state index < -0.39 is 18.1 Å². The number of carbonyl (C=O) groups is 2. The third-order valence-electron chi connectivity index (χ3n) is 5.91. The van der Waals surface area contributed by atoms with Crippen molar-refractivity contribution in [2.24, 2.45) is 5.92 Å². The van der Waals surface area contributed by atoms with Gasteiger partial charge in [0.1, 0.15) is 17.4 Å². The molecule has 7 heteroatoms. The molecule has 7 nitrogen and oxygen atoms in total. The van der Waals surface area contributed by atoms with E-state index in [1.807, 2.05) is 54.6 Å². The van der Waals surface area contributed by atoms with Crippen molar-refractivity contribution in [1.29, 1.82) is 0 Å². The number of para-hydroxylation sites is 1. The summed E-state index contributed by atoms with van der Waals surface area (Å²) in [6.45, 7) is 0. The molecule has 2 heterocycles. The molecule has 0 aromatic heterocycles. The lowest BCUT2D eigenvalue weighted by Gasteiger charge is -2.28. The highest BCUT2D eigenvalue weighted by molar-refractivity contribution is 6.23. The fourth-order valence-electron chi connectivity index (χ4n) is 4.34. The summed E-state index contributed by atoms with van der Waals surface area (Å²) in [5.74, 6) is 0.0181. The van der Waals surface area contributed by atoms with Crippen LogP contribution in [0.25, 0.3) is 0 Å². The van der Waals surface area contributed by atoms with E-state index in [1.165, 1.54) is 4.90 Å². The van der Waals surface area contributed by atoms with Gasteiger partial charge in [-0.2, -0.15) is 0 Å². The van der Waals surface area contributed by atoms with Gasteiger partial charge in [-0.3, -0.25) is 14.4 Å². The molecule has 2 fully saturated rings. The van der Waals surface area contributed by atoms with Gasteiger partial charge in [-0.15, -0.1) is 0 Å². The summed E-state index contributed by atoms with van der Waals surface area (Å²) in [5, 5.41) is 1.68. The first-order valence-corrected chi connectivity index (χ1v) is 10.3. The normalized spacial score (nSPS) is 22.2. The van der Waals surface area contributed by atoms with Crippen LogP contribution in [0.1, 0.15) is 11.6 Å². The first-order chi connectivity index (χ1) is 15.6. The second-order valence-corrected chi connectivity index (χ2v) is 7.64. The molecule has 3 atom stereocenters. The predicted molar refractivity (Wildman–Crippen MR) is 119 cm³/mol. The van der Waals surface area contributed by atoms with Gasteiger partial charge >= 0.3 is 0 Å². The zero-order valence-electron chi connectivity index (χ0n) is 17.7. The van der Waals surface area contributed by atoms with Crippen molar-refractivity contribution in [3.63, 3.8) is 0 Å². The van der Waals surface area contributed by atoms with Gasteiger partial charge in [-0.05, 0) is 54.1 Å². The van der Waals surface area contributed by atoms with E-state index in [1.54, 1.807) is 43.5 Å². The number of amides is 2. The highest BCUT2D eigenvalue weighted by atomic mass is 16.7. The number of carbonyl (C=O) groups excluding carboxylic acids is 2. The number of ether oxygens (including phenoxy) is 2. The average Bonchev–Trinajstić information content (AvgIpc) is 3.36. The molecule has 162 valence electrons. The van der Waals surface area contributed by atoms with Gasteiger partial charge in [0.05, 0.1) is 31.6 Å². The minimum atomic E-state index is -0.906. The van der Waals surface area contributed by atoms with Crippen molar-refractivity contribution in [3.05, 3.63) is 84.4 Å². The molecular weight excluding hydrogens is 408 g/mol. The molecule has 32 heavy (non-hydrogen) atoms. The summed E-state index contributed by atoms with van der Waals surface area (Å²) in [4.78, 5) is 34.2. The van der Waals surface area contributed by atoms with Gasteiger partial charge in [-0.25, -0.2) is 9.96 Å². The summed E-state index contributed by atoms with van der Waals surface area (Å²) in [6.07, 6.45) is -0.906. The van der Waals surface area contributed by atoms with Crippen molar-refractivity contribution in [2.75, 3.05) is 24.2 Å². The third-order valence-corrected chi connectivity index (χ3v) is 5.91. The summed E-state index contributed by atoms with van der Waals surface area (Å²) < 4.78 is 10.5. The molecule has 0 radical (unpaired) electrons. The number of hydrogen-bond acceptors (Lipinski definition) is 6. The van der Waals surface area contributed by atoms with Crippen LogP contribution in [0, 0.1) is 5.92 Å². The number of imide groups is 1. The molecule has 2 amide bonds. The van der Waals surface area contributed by atoms with Crippen LogP contribution in [0.2, 0.25) is 0 Å². The Morgan fingerprint density at radius 3 is 1.91 bits per heavy atom. The molecule has 2 saturated heterocycles. The summed E-state index contributed by atoms with van der Waals surface area (Å²) >= 11 is 0. The van der Waals surface area contributed by atoms with Crippen LogP contribution >= 0.6 is 0 Å². The Labute approximate surface area is 185 Å². The largest absolute Gasteiger partial charge is 0.497 e. The van der Waals surface area contributed by atoms with Gasteiger partial charge < -0.3 is 9.47 Å². The van der Waals surface area contributed by atoms with Gasteiger partial charge in [0.2, 0.25) is 5.91 Å². The molecule has 0 bridgehead atoms. The van der Waals surface area contributed by atoms with Gasteiger partial charge in [0.25, 0.3) is 5.91 Å². The first kappa shape index (κ1) is 20.1. The smallest absolute Gasteiger partial charge is 0.266 e. The molecule has 0 saturated carbocycles. The van der Waals surface area contributed by atoms with Crippen molar-refractivity contribution in [1.82, 2.24) is 0 Å². The second-order valence-electron chi connectivity index (χ2n) is 7.64. The Kier molecular flexibility index (Phi) is 5.03. The maximum Gasteiger partial charge on any atom is 0.266 e. The second kappa shape index (κ2) is 8.01. The Bertz CT molecular complexity index is 1130. The number of benzene rings is 3. The predicted octanol–water partition coefficient (Wildman–Crippen LogP) is 3.75. The third kappa shape index (κ3) is 3.18. The Hall–Kier alpha value is -3.84. The number of hydrogen-bond donors (Lipinski definition) is 0. The summed E-state index contributed by atoms with van der Waals surface area (Å²) in [7, 11) is 3.17. The first-order valence-electron chi connectivity index (χ1n) is 10.3. The molecule has 0 spiro atoms. The van der Waals surface area contributed by atoms with Crippen LogP contribution in [0.15, 0.2) is 78.9 Å². The van der Waals surface area contributed by atoms with Crippen LogP contribution in [-0.4, -0.2) is 32.1 Å². The Morgan fingerprint density at radius 1 is 0.719 bits per heavy atom. The number of fused-ring (bicyclic) bond motifs is 1. The highest BCUT2D eigenvalue weighted by Crippen LogP contribution is 2.47. The number of nitrogens with zero attached hydrogens (tertiary/aromatic N) is 2. The van der Waals surface area contributed by atoms with E-state index in [-0.39, 0.29) is 11.8 Å². The fraction of sp³-hybridized carbons (Fsp3) is 0.200. The number of methoxy groups -OCH3 is 2. The van der Waals surface area contributed by atoms with E-state index in [2.05, 4.69) is 0 Å². The molecule has 0 N–H and O–H groups in total. The van der Waals surface area contributed by atoms with E-state index in [0.717, 1.165) is 11.3 Å². The minimum Gasteiger partial charge on any atom is -0.497 e. The molecule has 5 rings (SSSR count). The average molecular weight is 430 g/mol. The number of hydroxylamine groups is 1. The number of rotatable bonds is 5. The summed E-state index contributed by atoms with van der Waals surface area (Å²) in [5.41, 5.74) is 2.14. The summed E-state index contributed by atoms with van der Waals surface area (Å²) in [6, 6.07) is 23.4. The van der Waals surface area contributed by atoms with Crippen molar-refractivity contribution in [3.8, 4) is 11.5 Å². The topological polar surface area (TPSA) is 68.3 Å². The van der Waals surface area contributed by atoms with Crippen LogP contribution in [-0.2, 0) is 14.4 Å². The van der Waals surface area contributed by atoms with Crippen molar-refractivity contribution < 1.29 is 23.9 Å². The van der Waals surface area contributed by atoms with Crippen LogP contribution < -0.4 is 19.4 Å². The Balaban J connectivity index is 1.55. The molecule has 2 aliphatic heterocycles. The standard InChI is InChI=1S/C25H22N2O5/c1-30-19-12-8-16(9-13-19)22-21-23(32-27(22)18-6-4-3-5-7-18)25(29)26(24(21)28)17-10-14-20(31-2)15-11-17/h3-15,21-23H,1-2H3. The molecule has 0 aliphatic carbocycles. The van der Waals surface area contributed by atoms with E-state index in [4.69, 9.17) is 14.3 Å². The number of anilines is 2. The molecule has 3 unspecified atom stereocenters. The minimum absolute atomic E-state index is 0.288. The lowest BCUT2D eigenvalue weighted by molar-refractivity contribution is -0.126. The van der Waals surface area contributed by atoms with E-state index >= 15 is 0 Å². The zero-order chi connectivity index (χ0) is 22.2. The fourth-order valence-corrected chi connectivity index (χ4v) is 4.34. The quantitative estimate of drug-likeness (QED) is 0.575. The van der Waals surface area contributed by atoms with Gasteiger partial charge in [0.15, 0.2) is 6.10 Å². The lowest BCUT2D eigenvalue weighted by Crippen LogP contribution is -2.37. The molecule has 2 aliphatic rings. The van der Waals surface area contributed by atoms with Crippen molar-refractivity contribution in [2.45, 2.75) is 12.1 Å². The van der Waals surface area contributed by atoms with E-state index in [9.17, 15) is 9.59 Å². The molecule has 3 aromatic rings. The van der Waals surface area contributed by atoms with Crippen LogP contribution in [0.4, 0.5) is 11.4 Å². The zero-order valence-corrected chi connectivity index (χ0v) is 17.7. The molecular formula is C25H22N2O5. The van der Waals surface area contributed by atoms with Crippen LogP contribution in [0.3, 0.4) is 0 Å². The van der Waals surface area contributed by atoms with Gasteiger partial charge in [-0.1, -0.05) is 30.3 Å². The monoisotopic (exact) mass is 430 g/mol. The highest BCUT2D eigenvalue weighted by Gasteiger charge is 2.60. The lowest BCUT2D eigenvalue weighted by atomic mass is 9.90. The van der Waals surface area contributed by atoms with Gasteiger partial charge in [0, 0.05) is 0 Å². The Morgan fingerprint density at radius 2 is 1.31 bits per heavy atom. The SMILES string of the molecule is COc1ccc(C2C3C(=O)N(c4ccc(OC)cc4)C(=O)C3ON2c2ccccc2)cc1.